The quantitative estimate of drug-likeness (QED) is 0.320. The van der Waals surface area contributed by atoms with Crippen molar-refractivity contribution in [3.63, 3.8) is 0 Å². The number of aromatic hydroxyl groups is 1. The van der Waals surface area contributed by atoms with Crippen LogP contribution in [-0.2, 0) is 9.59 Å². The molecule has 0 saturated carbocycles. The molecule has 1 saturated heterocycles. The van der Waals surface area contributed by atoms with Gasteiger partial charge in [0.1, 0.15) is 12.3 Å². The van der Waals surface area contributed by atoms with Crippen molar-refractivity contribution in [2.75, 3.05) is 13.1 Å². The third-order valence-electron chi connectivity index (χ3n) is 4.27. The summed E-state index contributed by atoms with van der Waals surface area (Å²) in [7, 11) is 0. The number of carbonyl (C=O) groups is 2. The number of benzene rings is 2. The molecule has 1 fully saturated rings. The fourth-order valence-corrected chi connectivity index (χ4v) is 4.83. The molecule has 140 valence electrons. The van der Waals surface area contributed by atoms with Gasteiger partial charge in [-0.05, 0) is 62.9 Å². The van der Waals surface area contributed by atoms with Crippen molar-refractivity contribution in [2.24, 2.45) is 5.10 Å². The standard InChI is InChI=1S/C19H17I2N3O3/c20-15-6-13(19(27)16(21)8-15)9-22-23-17(25)11-24-10-14(7-18(24)26)12-4-2-1-3-5-12/h1-6,8-9,14,27H,7,10-11H2,(H,23,25)/b22-9-/t14-/m0/s1. The van der Waals surface area contributed by atoms with E-state index in [2.05, 4.69) is 33.1 Å². The van der Waals surface area contributed by atoms with Gasteiger partial charge in [-0.1, -0.05) is 30.3 Å². The van der Waals surface area contributed by atoms with Crippen LogP contribution in [0.3, 0.4) is 0 Å². The summed E-state index contributed by atoms with van der Waals surface area (Å²) >= 11 is 4.18. The highest BCUT2D eigenvalue weighted by atomic mass is 127. The smallest absolute Gasteiger partial charge is 0.259 e. The van der Waals surface area contributed by atoms with Crippen LogP contribution in [0.15, 0.2) is 47.6 Å². The number of carbonyl (C=O) groups excluding carboxylic acids is 2. The summed E-state index contributed by atoms with van der Waals surface area (Å²) in [6.45, 7) is 0.491. The number of likely N-dealkylation sites (tertiary alicyclic amines) is 1. The van der Waals surface area contributed by atoms with Crippen LogP contribution in [0.5, 0.6) is 5.75 Å². The Morgan fingerprint density at radius 1 is 1.30 bits per heavy atom. The van der Waals surface area contributed by atoms with E-state index in [0.29, 0.717) is 22.1 Å². The van der Waals surface area contributed by atoms with E-state index in [4.69, 9.17) is 0 Å². The van der Waals surface area contributed by atoms with Crippen molar-refractivity contribution in [2.45, 2.75) is 12.3 Å². The van der Waals surface area contributed by atoms with Crippen molar-refractivity contribution >= 4 is 63.2 Å². The highest BCUT2D eigenvalue weighted by Gasteiger charge is 2.31. The molecule has 0 spiro atoms. The van der Waals surface area contributed by atoms with Gasteiger partial charge in [-0.15, -0.1) is 0 Å². The molecule has 3 rings (SSSR count). The van der Waals surface area contributed by atoms with Gasteiger partial charge >= 0.3 is 0 Å². The normalized spacial score (nSPS) is 16.9. The lowest BCUT2D eigenvalue weighted by molar-refractivity contribution is -0.133. The molecule has 2 aromatic rings. The SMILES string of the molecule is O=C(CN1C[C@@H](c2ccccc2)CC1=O)N/N=C\c1cc(I)cc(I)c1O. The summed E-state index contributed by atoms with van der Waals surface area (Å²) in [5.74, 6) is -0.171. The summed E-state index contributed by atoms with van der Waals surface area (Å²) < 4.78 is 1.67. The molecular formula is C19H17I2N3O3. The van der Waals surface area contributed by atoms with Crippen LogP contribution in [0.4, 0.5) is 0 Å². The molecule has 1 aliphatic heterocycles. The first-order chi connectivity index (χ1) is 12.9. The van der Waals surface area contributed by atoms with Crippen molar-refractivity contribution < 1.29 is 14.7 Å². The van der Waals surface area contributed by atoms with E-state index in [0.717, 1.165) is 9.13 Å². The van der Waals surface area contributed by atoms with Crippen LogP contribution >= 0.6 is 45.2 Å². The molecule has 2 amide bonds. The predicted octanol–water partition coefficient (Wildman–Crippen LogP) is 3.07. The first-order valence-corrected chi connectivity index (χ1v) is 10.4. The van der Waals surface area contributed by atoms with E-state index in [-0.39, 0.29) is 30.0 Å². The minimum atomic E-state index is -0.367. The Balaban J connectivity index is 1.56. The highest BCUT2D eigenvalue weighted by Crippen LogP contribution is 2.28. The van der Waals surface area contributed by atoms with E-state index in [1.165, 1.54) is 6.21 Å². The molecular weight excluding hydrogens is 572 g/mol. The van der Waals surface area contributed by atoms with E-state index < -0.39 is 0 Å². The average Bonchev–Trinajstić information content (AvgIpc) is 3.00. The van der Waals surface area contributed by atoms with Crippen LogP contribution in [0, 0.1) is 7.14 Å². The predicted molar refractivity (Wildman–Crippen MR) is 120 cm³/mol. The van der Waals surface area contributed by atoms with E-state index >= 15 is 0 Å². The minimum absolute atomic E-state index is 0.0324. The molecule has 0 bridgehead atoms. The van der Waals surface area contributed by atoms with Gasteiger partial charge in [-0.25, -0.2) is 5.43 Å². The van der Waals surface area contributed by atoms with Gasteiger partial charge in [0.25, 0.3) is 5.91 Å². The van der Waals surface area contributed by atoms with Gasteiger partial charge in [-0.2, -0.15) is 5.10 Å². The lowest BCUT2D eigenvalue weighted by Gasteiger charge is -2.15. The number of hydrazone groups is 1. The van der Waals surface area contributed by atoms with Crippen LogP contribution in [-0.4, -0.2) is 41.1 Å². The molecule has 2 aromatic carbocycles. The molecule has 0 aliphatic carbocycles. The van der Waals surface area contributed by atoms with Gasteiger partial charge < -0.3 is 10.0 Å². The third-order valence-corrected chi connectivity index (χ3v) is 5.72. The maximum atomic E-state index is 12.2. The van der Waals surface area contributed by atoms with Gasteiger partial charge in [-0.3, -0.25) is 9.59 Å². The van der Waals surface area contributed by atoms with Crippen LogP contribution < -0.4 is 5.43 Å². The molecule has 1 heterocycles. The summed E-state index contributed by atoms with van der Waals surface area (Å²) in [4.78, 5) is 25.8. The Bertz CT molecular complexity index is 887. The molecule has 27 heavy (non-hydrogen) atoms. The second-order valence-corrected chi connectivity index (χ2v) is 8.61. The van der Waals surface area contributed by atoms with Crippen LogP contribution in [0.2, 0.25) is 0 Å². The van der Waals surface area contributed by atoms with E-state index in [1.54, 1.807) is 11.0 Å². The fourth-order valence-electron chi connectivity index (χ4n) is 2.94. The third kappa shape index (κ3) is 5.18. The first kappa shape index (κ1) is 20.1. The van der Waals surface area contributed by atoms with Crippen LogP contribution in [0.25, 0.3) is 0 Å². The lowest BCUT2D eigenvalue weighted by Crippen LogP contribution is -2.36. The number of halogens is 2. The lowest BCUT2D eigenvalue weighted by atomic mass is 9.99. The Labute approximate surface area is 184 Å². The average molecular weight is 589 g/mol. The molecule has 2 N–H and O–H groups in total. The highest BCUT2D eigenvalue weighted by molar-refractivity contribution is 14.1. The number of nitrogens with zero attached hydrogens (tertiary/aromatic N) is 2. The maximum Gasteiger partial charge on any atom is 0.259 e. The van der Waals surface area contributed by atoms with Crippen LogP contribution in [0.1, 0.15) is 23.5 Å². The molecule has 8 heteroatoms. The second-order valence-electron chi connectivity index (χ2n) is 6.20. The van der Waals surface area contributed by atoms with Crippen molar-refractivity contribution in [3.8, 4) is 5.75 Å². The number of phenols is 1. The molecule has 1 aliphatic rings. The zero-order chi connectivity index (χ0) is 19.4. The second kappa shape index (κ2) is 9.00. The van der Waals surface area contributed by atoms with Gasteiger partial charge in [0.15, 0.2) is 0 Å². The topological polar surface area (TPSA) is 82.0 Å². The van der Waals surface area contributed by atoms with Crippen molar-refractivity contribution in [1.29, 1.82) is 0 Å². The molecule has 0 aromatic heterocycles. The summed E-state index contributed by atoms with van der Waals surface area (Å²) in [5.41, 5.74) is 4.05. The Hall–Kier alpha value is -1.69. The van der Waals surface area contributed by atoms with Gasteiger partial charge in [0.05, 0.1) is 9.78 Å². The zero-order valence-electron chi connectivity index (χ0n) is 14.2. The number of amides is 2. The summed E-state index contributed by atoms with van der Waals surface area (Å²) in [6.07, 6.45) is 1.81. The molecule has 1 atom stereocenters. The van der Waals surface area contributed by atoms with Crippen molar-refractivity contribution in [3.05, 3.63) is 60.7 Å². The minimum Gasteiger partial charge on any atom is -0.506 e. The Morgan fingerprint density at radius 3 is 2.78 bits per heavy atom. The fraction of sp³-hybridized carbons (Fsp3) is 0.211. The Morgan fingerprint density at radius 2 is 2.04 bits per heavy atom. The number of nitrogens with one attached hydrogen (secondary N) is 1. The molecule has 0 unspecified atom stereocenters. The number of rotatable bonds is 5. The monoisotopic (exact) mass is 589 g/mol. The molecule has 0 radical (unpaired) electrons. The molecule has 6 nitrogen and oxygen atoms in total. The largest absolute Gasteiger partial charge is 0.506 e. The summed E-state index contributed by atoms with van der Waals surface area (Å²) in [5, 5.41) is 13.9. The van der Waals surface area contributed by atoms with Gasteiger partial charge in [0, 0.05) is 28.0 Å². The van der Waals surface area contributed by atoms with E-state index in [9.17, 15) is 14.7 Å². The number of hydrogen-bond acceptors (Lipinski definition) is 4. The van der Waals surface area contributed by atoms with Crippen molar-refractivity contribution in [1.82, 2.24) is 10.3 Å². The zero-order valence-corrected chi connectivity index (χ0v) is 18.5. The number of hydrogen-bond donors (Lipinski definition) is 2. The van der Waals surface area contributed by atoms with Gasteiger partial charge in [0.2, 0.25) is 5.91 Å². The summed E-state index contributed by atoms with van der Waals surface area (Å²) in [6, 6.07) is 13.4. The first-order valence-electron chi connectivity index (χ1n) is 8.26. The maximum absolute atomic E-state index is 12.2. The van der Waals surface area contributed by atoms with E-state index in [1.807, 2.05) is 59.0 Å². The Kier molecular flexibility index (Phi) is 6.68. The number of phenolic OH excluding ortho intramolecular Hbond substituents is 1.